The average molecular weight is 198 g/mol. The molecule has 0 radical (unpaired) electrons. The van der Waals surface area contributed by atoms with Crippen LogP contribution in [0.4, 0.5) is 0 Å². The van der Waals surface area contributed by atoms with Gasteiger partial charge in [0.05, 0.1) is 0 Å². The first-order chi connectivity index (χ1) is 6.52. The fraction of sp³-hybridized carbons (Fsp3) is 0.222. The van der Waals surface area contributed by atoms with Gasteiger partial charge in [0.15, 0.2) is 6.10 Å². The number of carboxylic acids is 1. The molecule has 0 aromatic heterocycles. The Kier molecular flexibility index (Phi) is 3.06. The van der Waals surface area contributed by atoms with Crippen molar-refractivity contribution in [2.75, 3.05) is 0 Å². The van der Waals surface area contributed by atoms with Crippen molar-refractivity contribution in [2.24, 2.45) is 0 Å². The van der Waals surface area contributed by atoms with Crippen LogP contribution >= 0.6 is 0 Å². The fourth-order valence-electron chi connectivity index (χ4n) is 0.989. The highest BCUT2D eigenvalue weighted by atomic mass is 16.4. The molecule has 0 saturated heterocycles. The van der Waals surface area contributed by atoms with Gasteiger partial charge in [-0.05, 0) is 17.7 Å². The molecule has 5 heteroatoms. The summed E-state index contributed by atoms with van der Waals surface area (Å²) in [6, 6.07) is 5.28. The number of aliphatic hydroxyl groups excluding tert-OH is 2. The van der Waals surface area contributed by atoms with Crippen LogP contribution in [0.1, 0.15) is 11.7 Å². The van der Waals surface area contributed by atoms with Crippen LogP contribution in [0.5, 0.6) is 5.75 Å². The average Bonchev–Trinajstić information content (AvgIpc) is 2.16. The zero-order valence-electron chi connectivity index (χ0n) is 7.16. The number of carboxylic acid groups (broad SMARTS) is 1. The van der Waals surface area contributed by atoms with E-state index in [2.05, 4.69) is 0 Å². The molecule has 1 rings (SSSR count). The Bertz CT molecular complexity index is 318. The van der Waals surface area contributed by atoms with Crippen molar-refractivity contribution in [3.63, 3.8) is 0 Å². The zero-order valence-corrected chi connectivity index (χ0v) is 7.16. The first-order valence-electron chi connectivity index (χ1n) is 3.90. The maximum Gasteiger partial charge on any atom is 0.335 e. The van der Waals surface area contributed by atoms with Gasteiger partial charge in [-0.2, -0.15) is 0 Å². The molecule has 0 spiro atoms. The van der Waals surface area contributed by atoms with E-state index >= 15 is 0 Å². The molecule has 0 aliphatic carbocycles. The largest absolute Gasteiger partial charge is 0.508 e. The van der Waals surface area contributed by atoms with Crippen LogP contribution < -0.4 is 0 Å². The lowest BCUT2D eigenvalue weighted by molar-refractivity contribution is -0.153. The molecule has 4 N–H and O–H groups in total. The summed E-state index contributed by atoms with van der Waals surface area (Å²) in [7, 11) is 0. The van der Waals surface area contributed by atoms with Gasteiger partial charge in [0.1, 0.15) is 11.9 Å². The molecule has 0 fully saturated rings. The van der Waals surface area contributed by atoms with Crippen LogP contribution in [0.15, 0.2) is 24.3 Å². The molecular formula is C9H10O5. The molecule has 1 aromatic rings. The van der Waals surface area contributed by atoms with E-state index < -0.39 is 18.2 Å². The molecule has 0 heterocycles. The Morgan fingerprint density at radius 2 is 1.64 bits per heavy atom. The third-order valence-electron chi connectivity index (χ3n) is 1.79. The van der Waals surface area contributed by atoms with Gasteiger partial charge in [-0.15, -0.1) is 0 Å². The van der Waals surface area contributed by atoms with E-state index in [0.29, 0.717) is 0 Å². The highest BCUT2D eigenvalue weighted by Crippen LogP contribution is 2.19. The summed E-state index contributed by atoms with van der Waals surface area (Å²) >= 11 is 0. The van der Waals surface area contributed by atoms with Gasteiger partial charge in [-0.3, -0.25) is 0 Å². The third-order valence-corrected chi connectivity index (χ3v) is 1.79. The SMILES string of the molecule is O=C(O)[C@H](O)[C@@H](O)c1ccc(O)cc1. The predicted octanol–water partition coefficient (Wildman–Crippen LogP) is -0.129. The second-order valence-corrected chi connectivity index (χ2v) is 2.82. The molecule has 0 aliphatic rings. The summed E-state index contributed by atoms with van der Waals surface area (Å²) in [5.41, 5.74) is 0.234. The molecule has 2 atom stereocenters. The number of hydrogen-bond donors (Lipinski definition) is 4. The van der Waals surface area contributed by atoms with E-state index in [1.807, 2.05) is 0 Å². The summed E-state index contributed by atoms with van der Waals surface area (Å²) in [6.45, 7) is 0. The standard InChI is InChI=1S/C9H10O5/c10-6-3-1-5(2-4-6)7(11)8(12)9(13)14/h1-4,7-8,10-12H,(H,13,14)/t7-,8+/m0/s1. The van der Waals surface area contributed by atoms with E-state index in [9.17, 15) is 9.90 Å². The third kappa shape index (κ3) is 2.21. The molecule has 0 bridgehead atoms. The monoisotopic (exact) mass is 198 g/mol. The quantitative estimate of drug-likeness (QED) is 0.542. The van der Waals surface area contributed by atoms with Crippen molar-refractivity contribution in [1.29, 1.82) is 0 Å². The minimum absolute atomic E-state index is 0.00534. The number of phenolic OH excluding ortho intramolecular Hbond substituents is 1. The van der Waals surface area contributed by atoms with Crippen LogP contribution in [0.3, 0.4) is 0 Å². The number of aromatic hydroxyl groups is 1. The van der Waals surface area contributed by atoms with Crippen LogP contribution in [0.25, 0.3) is 0 Å². The van der Waals surface area contributed by atoms with E-state index in [1.165, 1.54) is 24.3 Å². The zero-order chi connectivity index (χ0) is 10.7. The normalized spacial score (nSPS) is 14.7. The van der Waals surface area contributed by atoms with Crippen molar-refractivity contribution < 1.29 is 25.2 Å². The summed E-state index contributed by atoms with van der Waals surface area (Å²) in [5, 5.41) is 35.7. The lowest BCUT2D eigenvalue weighted by Crippen LogP contribution is -2.27. The summed E-state index contributed by atoms with van der Waals surface area (Å²) in [4.78, 5) is 10.3. The lowest BCUT2D eigenvalue weighted by Gasteiger charge is -2.13. The van der Waals surface area contributed by atoms with Crippen LogP contribution in [0, 0.1) is 0 Å². The minimum Gasteiger partial charge on any atom is -0.508 e. The number of rotatable bonds is 3. The molecule has 0 aliphatic heterocycles. The van der Waals surface area contributed by atoms with E-state index in [4.69, 9.17) is 15.3 Å². The Balaban J connectivity index is 2.84. The van der Waals surface area contributed by atoms with Crippen molar-refractivity contribution in [3.05, 3.63) is 29.8 Å². The van der Waals surface area contributed by atoms with Gasteiger partial charge in [0, 0.05) is 0 Å². The van der Waals surface area contributed by atoms with Crippen molar-refractivity contribution in [2.45, 2.75) is 12.2 Å². The summed E-state index contributed by atoms with van der Waals surface area (Å²) in [6.07, 6.45) is -3.35. The Hall–Kier alpha value is -1.59. The summed E-state index contributed by atoms with van der Waals surface area (Å²) in [5.74, 6) is -1.49. The van der Waals surface area contributed by atoms with Gasteiger partial charge < -0.3 is 20.4 Å². The number of phenols is 1. The highest BCUT2D eigenvalue weighted by Gasteiger charge is 2.24. The maximum atomic E-state index is 10.3. The molecule has 5 nitrogen and oxygen atoms in total. The Labute approximate surface area is 79.9 Å². The molecule has 0 amide bonds. The first kappa shape index (κ1) is 10.5. The van der Waals surface area contributed by atoms with E-state index in [1.54, 1.807) is 0 Å². The number of hydrogen-bond acceptors (Lipinski definition) is 4. The Morgan fingerprint density at radius 1 is 1.14 bits per heavy atom. The number of aliphatic carboxylic acids is 1. The topological polar surface area (TPSA) is 98.0 Å². The second kappa shape index (κ2) is 4.08. The molecular weight excluding hydrogens is 188 g/mol. The van der Waals surface area contributed by atoms with Crippen LogP contribution in [-0.4, -0.2) is 32.5 Å². The van der Waals surface area contributed by atoms with Gasteiger partial charge in [-0.1, -0.05) is 12.1 Å². The molecule has 1 aromatic carbocycles. The molecule has 0 saturated carbocycles. The van der Waals surface area contributed by atoms with Gasteiger partial charge in [0.25, 0.3) is 0 Å². The molecule has 76 valence electrons. The van der Waals surface area contributed by atoms with Crippen molar-refractivity contribution in [3.8, 4) is 5.75 Å². The van der Waals surface area contributed by atoms with Gasteiger partial charge >= 0.3 is 5.97 Å². The van der Waals surface area contributed by atoms with Crippen LogP contribution in [0.2, 0.25) is 0 Å². The number of aliphatic hydroxyl groups is 2. The maximum absolute atomic E-state index is 10.3. The van der Waals surface area contributed by atoms with Gasteiger partial charge in [-0.25, -0.2) is 4.79 Å². The number of carbonyl (C=O) groups is 1. The van der Waals surface area contributed by atoms with Crippen molar-refractivity contribution in [1.82, 2.24) is 0 Å². The van der Waals surface area contributed by atoms with Gasteiger partial charge in [0.2, 0.25) is 0 Å². The fourth-order valence-corrected chi connectivity index (χ4v) is 0.989. The second-order valence-electron chi connectivity index (χ2n) is 2.82. The summed E-state index contributed by atoms with van der Waals surface area (Å²) < 4.78 is 0. The highest BCUT2D eigenvalue weighted by molar-refractivity contribution is 5.73. The number of benzene rings is 1. The minimum atomic E-state index is -1.86. The van der Waals surface area contributed by atoms with E-state index in [0.717, 1.165) is 0 Å². The van der Waals surface area contributed by atoms with Crippen LogP contribution in [-0.2, 0) is 4.79 Å². The van der Waals surface area contributed by atoms with Crippen molar-refractivity contribution >= 4 is 5.97 Å². The predicted molar refractivity (Wildman–Crippen MR) is 46.7 cm³/mol. The Morgan fingerprint density at radius 3 is 2.07 bits per heavy atom. The first-order valence-corrected chi connectivity index (χ1v) is 3.90. The molecule has 14 heavy (non-hydrogen) atoms. The smallest absolute Gasteiger partial charge is 0.335 e. The molecule has 0 unspecified atom stereocenters. The lowest BCUT2D eigenvalue weighted by atomic mass is 10.0. The van der Waals surface area contributed by atoms with E-state index in [-0.39, 0.29) is 11.3 Å².